The Morgan fingerprint density at radius 2 is 1.78 bits per heavy atom. The Morgan fingerprint density at radius 3 is 2.41 bits per heavy atom. The third-order valence-corrected chi connectivity index (χ3v) is 6.50. The molecule has 1 aromatic carbocycles. The number of benzene rings is 1. The minimum absolute atomic E-state index is 0.0372. The van der Waals surface area contributed by atoms with Crippen molar-refractivity contribution in [2.24, 2.45) is 5.73 Å². The number of nitro groups is 1. The lowest BCUT2D eigenvalue weighted by Gasteiger charge is -2.34. The molecule has 1 saturated heterocycles. The topological polar surface area (TPSA) is 127 Å². The van der Waals surface area contributed by atoms with E-state index in [0.717, 1.165) is 31.7 Å². The molecule has 9 nitrogen and oxygen atoms in total. The van der Waals surface area contributed by atoms with Crippen LogP contribution < -0.4 is 5.73 Å². The largest absolute Gasteiger partial charge is 0.340 e. The summed E-state index contributed by atoms with van der Waals surface area (Å²) in [6.45, 7) is 1.69. The molecule has 0 unspecified atom stereocenters. The van der Waals surface area contributed by atoms with E-state index in [1.54, 1.807) is 4.90 Å². The van der Waals surface area contributed by atoms with Crippen molar-refractivity contribution in [2.75, 3.05) is 32.7 Å². The minimum atomic E-state index is -3.82. The molecule has 1 fully saturated rings. The maximum atomic E-state index is 12.7. The number of carbonyl (C=O) groups is 1. The summed E-state index contributed by atoms with van der Waals surface area (Å²) in [5.41, 5.74) is 5.17. The molecule has 0 spiro atoms. The highest BCUT2D eigenvalue weighted by Crippen LogP contribution is 2.22. The monoisotopic (exact) mass is 398 g/mol. The Morgan fingerprint density at radius 1 is 1.11 bits per heavy atom. The van der Waals surface area contributed by atoms with Gasteiger partial charge in [-0.15, -0.1) is 0 Å². The highest BCUT2D eigenvalue weighted by Gasteiger charge is 2.30. The van der Waals surface area contributed by atoms with Crippen LogP contribution in [0.15, 0.2) is 29.2 Å². The van der Waals surface area contributed by atoms with Gasteiger partial charge in [0.1, 0.15) is 0 Å². The van der Waals surface area contributed by atoms with Crippen molar-refractivity contribution < 1.29 is 18.1 Å². The minimum Gasteiger partial charge on any atom is -0.340 e. The molecule has 0 bridgehead atoms. The van der Waals surface area contributed by atoms with Gasteiger partial charge < -0.3 is 10.6 Å². The second kappa shape index (κ2) is 9.77. The van der Waals surface area contributed by atoms with Gasteiger partial charge in [0.25, 0.3) is 5.69 Å². The number of amides is 1. The summed E-state index contributed by atoms with van der Waals surface area (Å²) in [4.78, 5) is 24.1. The number of piperazine rings is 1. The summed E-state index contributed by atoms with van der Waals surface area (Å²) in [5.74, 6) is 0.0372. The zero-order valence-corrected chi connectivity index (χ0v) is 16.1. The van der Waals surface area contributed by atoms with Crippen molar-refractivity contribution in [3.8, 4) is 0 Å². The van der Waals surface area contributed by atoms with Gasteiger partial charge in [0, 0.05) is 44.7 Å². The molecule has 10 heteroatoms. The van der Waals surface area contributed by atoms with Gasteiger partial charge in [0.15, 0.2) is 0 Å². The quantitative estimate of drug-likeness (QED) is 0.380. The van der Waals surface area contributed by atoms with Crippen LogP contribution in [0.4, 0.5) is 5.69 Å². The molecule has 0 radical (unpaired) electrons. The van der Waals surface area contributed by atoms with E-state index >= 15 is 0 Å². The second-order valence-corrected chi connectivity index (χ2v) is 8.43. The van der Waals surface area contributed by atoms with Crippen LogP contribution in [-0.4, -0.2) is 61.2 Å². The van der Waals surface area contributed by atoms with E-state index in [0.29, 0.717) is 26.1 Å². The molecule has 1 heterocycles. The molecule has 150 valence electrons. The molecule has 2 N–H and O–H groups in total. The van der Waals surface area contributed by atoms with E-state index in [4.69, 9.17) is 5.73 Å². The number of nitro benzene ring substituents is 1. The van der Waals surface area contributed by atoms with Crippen LogP contribution in [0.2, 0.25) is 0 Å². The zero-order chi connectivity index (χ0) is 19.9. The van der Waals surface area contributed by atoms with Gasteiger partial charge in [-0.05, 0) is 25.5 Å². The smallest absolute Gasteiger partial charge is 0.270 e. The van der Waals surface area contributed by atoms with Crippen molar-refractivity contribution in [2.45, 2.75) is 37.0 Å². The molecule has 1 aliphatic rings. The van der Waals surface area contributed by atoms with Crippen molar-refractivity contribution >= 4 is 21.6 Å². The molecule has 0 aliphatic carbocycles. The number of carbonyl (C=O) groups excluding carboxylic acids is 1. The number of non-ortho nitro benzene ring substituents is 1. The summed E-state index contributed by atoms with van der Waals surface area (Å²) >= 11 is 0. The predicted octanol–water partition coefficient (Wildman–Crippen LogP) is 1.34. The van der Waals surface area contributed by atoms with E-state index < -0.39 is 14.9 Å². The standard InChI is InChI=1S/C17H26N4O5S/c18-9-4-2-1-3-8-17(22)19-10-12-20(13-11-19)27(25,26)16-7-5-6-15(14-16)21(23)24/h5-7,14H,1-4,8-13,18H2. The number of nitrogens with zero attached hydrogens (tertiary/aromatic N) is 3. The maximum absolute atomic E-state index is 12.7. The van der Waals surface area contributed by atoms with Gasteiger partial charge in [-0.1, -0.05) is 18.9 Å². The fourth-order valence-corrected chi connectivity index (χ4v) is 4.48. The van der Waals surface area contributed by atoms with E-state index in [1.807, 2.05) is 0 Å². The highest BCUT2D eigenvalue weighted by molar-refractivity contribution is 7.89. The maximum Gasteiger partial charge on any atom is 0.270 e. The second-order valence-electron chi connectivity index (χ2n) is 6.49. The fraction of sp³-hybridized carbons (Fsp3) is 0.588. The van der Waals surface area contributed by atoms with Crippen LogP contribution >= 0.6 is 0 Å². The number of rotatable bonds is 9. The van der Waals surface area contributed by atoms with Crippen LogP contribution in [-0.2, 0) is 14.8 Å². The molecule has 0 atom stereocenters. The lowest BCUT2D eigenvalue weighted by Crippen LogP contribution is -2.50. The molecule has 1 amide bonds. The normalized spacial score (nSPS) is 15.7. The van der Waals surface area contributed by atoms with Gasteiger partial charge in [-0.25, -0.2) is 8.42 Å². The Kier molecular flexibility index (Phi) is 7.69. The van der Waals surface area contributed by atoms with Crippen LogP contribution in [0.1, 0.15) is 32.1 Å². The first-order chi connectivity index (χ1) is 12.9. The molecule has 1 aliphatic heterocycles. The first-order valence-electron chi connectivity index (χ1n) is 9.08. The van der Waals surface area contributed by atoms with Crippen molar-refractivity contribution in [1.82, 2.24) is 9.21 Å². The van der Waals surface area contributed by atoms with E-state index in [-0.39, 0.29) is 29.6 Å². The van der Waals surface area contributed by atoms with E-state index in [2.05, 4.69) is 0 Å². The average molecular weight is 398 g/mol. The highest BCUT2D eigenvalue weighted by atomic mass is 32.2. The predicted molar refractivity (Wildman–Crippen MR) is 101 cm³/mol. The van der Waals surface area contributed by atoms with Crippen LogP contribution in [0.25, 0.3) is 0 Å². The summed E-state index contributed by atoms with van der Waals surface area (Å²) in [6.07, 6.45) is 4.21. The zero-order valence-electron chi connectivity index (χ0n) is 15.2. The number of hydrogen-bond acceptors (Lipinski definition) is 6. The lowest BCUT2D eigenvalue weighted by atomic mass is 10.1. The van der Waals surface area contributed by atoms with E-state index in [1.165, 1.54) is 22.5 Å². The summed E-state index contributed by atoms with van der Waals surface area (Å²) in [7, 11) is -3.82. The van der Waals surface area contributed by atoms with Gasteiger partial charge in [0.2, 0.25) is 15.9 Å². The lowest BCUT2D eigenvalue weighted by molar-refractivity contribution is -0.385. The van der Waals surface area contributed by atoms with Gasteiger partial charge in [-0.2, -0.15) is 4.31 Å². The number of sulfonamides is 1. The van der Waals surface area contributed by atoms with Crippen LogP contribution in [0, 0.1) is 10.1 Å². The van der Waals surface area contributed by atoms with Crippen molar-refractivity contribution in [3.05, 3.63) is 34.4 Å². The molecule has 27 heavy (non-hydrogen) atoms. The fourth-order valence-electron chi connectivity index (χ4n) is 3.02. The molecule has 2 rings (SSSR count). The van der Waals surface area contributed by atoms with E-state index in [9.17, 15) is 23.3 Å². The average Bonchev–Trinajstić information content (AvgIpc) is 2.68. The summed E-state index contributed by atoms with van der Waals surface area (Å²) in [6, 6.07) is 5.02. The number of nitrogens with two attached hydrogens (primary N) is 1. The third kappa shape index (κ3) is 5.72. The Bertz CT molecular complexity index is 760. The molecular weight excluding hydrogens is 372 g/mol. The number of unbranched alkanes of at least 4 members (excludes halogenated alkanes) is 3. The van der Waals surface area contributed by atoms with Crippen LogP contribution in [0.3, 0.4) is 0 Å². The molecule has 1 aromatic rings. The van der Waals surface area contributed by atoms with Crippen LogP contribution in [0.5, 0.6) is 0 Å². The van der Waals surface area contributed by atoms with Gasteiger partial charge >= 0.3 is 0 Å². The van der Waals surface area contributed by atoms with Crippen molar-refractivity contribution in [3.63, 3.8) is 0 Å². The third-order valence-electron chi connectivity index (χ3n) is 4.60. The van der Waals surface area contributed by atoms with Gasteiger partial charge in [0.05, 0.1) is 9.82 Å². The summed E-state index contributed by atoms with van der Waals surface area (Å²) < 4.78 is 26.7. The van der Waals surface area contributed by atoms with Gasteiger partial charge in [-0.3, -0.25) is 14.9 Å². The first kappa shape index (κ1) is 21.3. The molecule has 0 aromatic heterocycles. The Hall–Kier alpha value is -2.04. The summed E-state index contributed by atoms with van der Waals surface area (Å²) in [5, 5.41) is 10.9. The molecule has 0 saturated carbocycles. The first-order valence-corrected chi connectivity index (χ1v) is 10.5. The van der Waals surface area contributed by atoms with Crippen molar-refractivity contribution in [1.29, 1.82) is 0 Å². The SMILES string of the molecule is NCCCCCCC(=O)N1CCN(S(=O)(=O)c2cccc([N+](=O)[O-])c2)CC1. The molecular formula is C17H26N4O5S. The Labute approximate surface area is 159 Å². The number of hydrogen-bond donors (Lipinski definition) is 1. The Balaban J connectivity index is 1.90.